The summed E-state index contributed by atoms with van der Waals surface area (Å²) in [6.45, 7) is 6.21. The number of aromatic nitrogens is 5. The molecule has 0 atom stereocenters. The summed E-state index contributed by atoms with van der Waals surface area (Å²) >= 11 is 0. The zero-order valence-electron chi connectivity index (χ0n) is 13.3. The van der Waals surface area contributed by atoms with Crippen LogP contribution in [-0.4, -0.2) is 25.4 Å². The van der Waals surface area contributed by atoms with Crippen molar-refractivity contribution in [3.8, 4) is 5.69 Å². The van der Waals surface area contributed by atoms with Crippen LogP contribution in [0.5, 0.6) is 0 Å². The lowest BCUT2D eigenvalue weighted by atomic mass is 9.93. The monoisotopic (exact) mass is 310 g/mol. The summed E-state index contributed by atoms with van der Waals surface area (Å²) in [5.74, 6) is 2.08. The molecule has 118 valence electrons. The molecule has 7 nitrogen and oxygen atoms in total. The summed E-state index contributed by atoms with van der Waals surface area (Å²) in [5.41, 5.74) is 0.822. The number of benzene rings is 1. The lowest BCUT2D eigenvalue weighted by Crippen LogP contribution is -2.09. The number of tetrazole rings is 1. The van der Waals surface area contributed by atoms with E-state index in [-0.39, 0.29) is 5.41 Å². The van der Waals surface area contributed by atoms with Crippen LogP contribution in [-0.2, 0) is 5.41 Å². The highest BCUT2D eigenvalue weighted by molar-refractivity contribution is 5.49. The van der Waals surface area contributed by atoms with E-state index in [9.17, 15) is 0 Å². The van der Waals surface area contributed by atoms with Crippen LogP contribution >= 0.6 is 0 Å². The summed E-state index contributed by atoms with van der Waals surface area (Å²) in [6, 6.07) is 11.6. The summed E-state index contributed by atoms with van der Waals surface area (Å²) in [6.07, 6.45) is 3.51. The number of anilines is 1. The quantitative estimate of drug-likeness (QED) is 0.797. The van der Waals surface area contributed by atoms with Gasteiger partial charge in [-0.3, -0.25) is 0 Å². The maximum atomic E-state index is 5.32. The van der Waals surface area contributed by atoms with Gasteiger partial charge in [0.1, 0.15) is 5.76 Å². The zero-order valence-corrected chi connectivity index (χ0v) is 13.3. The molecule has 0 aliphatic rings. The molecule has 2 aromatic heterocycles. The smallest absolute Gasteiger partial charge is 0.181 e. The molecule has 1 aromatic carbocycles. The van der Waals surface area contributed by atoms with E-state index < -0.39 is 0 Å². The third-order valence-corrected chi connectivity index (χ3v) is 3.21. The summed E-state index contributed by atoms with van der Waals surface area (Å²) in [7, 11) is 0. The molecule has 0 aliphatic heterocycles. The van der Waals surface area contributed by atoms with Crippen LogP contribution in [0.3, 0.4) is 0 Å². The van der Waals surface area contributed by atoms with Crippen molar-refractivity contribution in [1.29, 1.82) is 0 Å². The number of hydrogen-bond donors (Lipinski definition) is 1. The largest absolute Gasteiger partial charge is 0.359 e. The van der Waals surface area contributed by atoms with Gasteiger partial charge in [0.05, 0.1) is 5.69 Å². The Morgan fingerprint density at radius 2 is 1.96 bits per heavy atom. The number of nitrogens with zero attached hydrogens (tertiary/aromatic N) is 5. The molecule has 0 radical (unpaired) electrons. The lowest BCUT2D eigenvalue weighted by Gasteiger charge is -2.11. The fourth-order valence-corrected chi connectivity index (χ4v) is 1.95. The van der Waals surface area contributed by atoms with Gasteiger partial charge in [-0.25, -0.2) is 0 Å². The normalized spacial score (nSPS) is 12.0. The van der Waals surface area contributed by atoms with E-state index in [2.05, 4.69) is 46.8 Å². The first kappa shape index (κ1) is 15.0. The Bertz CT molecular complexity index is 797. The topological polar surface area (TPSA) is 81.7 Å². The summed E-state index contributed by atoms with van der Waals surface area (Å²) in [5, 5.41) is 18.7. The fraction of sp³-hybridized carbons (Fsp3) is 0.250. The summed E-state index contributed by atoms with van der Waals surface area (Å²) in [4.78, 5) is 0. The third-order valence-electron chi connectivity index (χ3n) is 3.21. The van der Waals surface area contributed by atoms with Crippen LogP contribution in [0.1, 0.15) is 32.4 Å². The molecule has 0 saturated heterocycles. The van der Waals surface area contributed by atoms with Gasteiger partial charge in [-0.1, -0.05) is 44.1 Å². The number of nitrogens with one attached hydrogen (secondary N) is 1. The van der Waals surface area contributed by atoms with Gasteiger partial charge < -0.3 is 9.84 Å². The van der Waals surface area contributed by atoms with Crippen molar-refractivity contribution in [2.45, 2.75) is 26.2 Å². The second-order valence-corrected chi connectivity index (χ2v) is 6.09. The van der Waals surface area contributed by atoms with E-state index in [0.29, 0.717) is 11.6 Å². The van der Waals surface area contributed by atoms with Crippen LogP contribution in [0.15, 0.2) is 47.1 Å². The van der Waals surface area contributed by atoms with Gasteiger partial charge >= 0.3 is 0 Å². The van der Waals surface area contributed by atoms with Crippen LogP contribution < -0.4 is 5.32 Å². The molecule has 0 saturated carbocycles. The first-order valence-corrected chi connectivity index (χ1v) is 7.28. The maximum absolute atomic E-state index is 5.32. The molecular weight excluding hydrogens is 292 g/mol. The Morgan fingerprint density at radius 3 is 2.65 bits per heavy atom. The molecule has 3 rings (SSSR count). The van der Waals surface area contributed by atoms with Crippen molar-refractivity contribution in [3.05, 3.63) is 54.2 Å². The Balaban J connectivity index is 1.72. The minimum atomic E-state index is -0.0753. The van der Waals surface area contributed by atoms with Crippen LogP contribution in [0.4, 0.5) is 5.82 Å². The number of para-hydroxylation sites is 1. The predicted octanol–water partition coefficient (Wildman–Crippen LogP) is 3.03. The van der Waals surface area contributed by atoms with Crippen molar-refractivity contribution >= 4 is 11.9 Å². The number of hydrogen-bond acceptors (Lipinski definition) is 6. The average Bonchev–Trinajstić information content (AvgIpc) is 3.17. The molecule has 1 N–H and O–H groups in total. The molecule has 2 heterocycles. The second kappa shape index (κ2) is 6.04. The third kappa shape index (κ3) is 3.45. The minimum absolute atomic E-state index is 0.0753. The molecule has 0 aliphatic carbocycles. The molecule has 0 bridgehead atoms. The molecule has 7 heteroatoms. The van der Waals surface area contributed by atoms with Crippen molar-refractivity contribution in [2.75, 3.05) is 5.32 Å². The van der Waals surface area contributed by atoms with Gasteiger partial charge in [-0.05, 0) is 22.6 Å². The SMILES string of the molecule is CC(C)(C)c1cc(N/C=C\c2nnnn2-c2ccccc2)no1. The van der Waals surface area contributed by atoms with Gasteiger partial charge in [0, 0.05) is 23.8 Å². The fourth-order valence-electron chi connectivity index (χ4n) is 1.95. The molecule has 3 aromatic rings. The highest BCUT2D eigenvalue weighted by Crippen LogP contribution is 2.24. The van der Waals surface area contributed by atoms with E-state index in [0.717, 1.165) is 11.4 Å². The van der Waals surface area contributed by atoms with E-state index in [4.69, 9.17) is 4.52 Å². The Morgan fingerprint density at radius 1 is 1.17 bits per heavy atom. The highest BCUT2D eigenvalue weighted by atomic mass is 16.5. The molecule has 0 spiro atoms. The van der Waals surface area contributed by atoms with Crippen molar-refractivity contribution in [1.82, 2.24) is 25.4 Å². The van der Waals surface area contributed by atoms with E-state index in [1.165, 1.54) is 0 Å². The first-order chi connectivity index (χ1) is 11.0. The molecule has 0 fully saturated rings. The molecular formula is C16H18N6O. The van der Waals surface area contributed by atoms with Crippen LogP contribution in [0, 0.1) is 0 Å². The van der Waals surface area contributed by atoms with E-state index in [1.807, 2.05) is 36.4 Å². The van der Waals surface area contributed by atoms with Crippen molar-refractivity contribution < 1.29 is 4.52 Å². The minimum Gasteiger partial charge on any atom is -0.359 e. The zero-order chi connectivity index (χ0) is 16.3. The molecule has 0 amide bonds. The van der Waals surface area contributed by atoms with Gasteiger partial charge in [0.15, 0.2) is 11.6 Å². The molecule has 0 unspecified atom stereocenters. The average molecular weight is 310 g/mol. The standard InChI is InChI=1S/C16H18N6O/c1-16(2,3)13-11-14(19-23-13)17-10-9-15-18-20-21-22(15)12-7-5-4-6-8-12/h4-11H,1-3H3,(H,17,19)/b10-9-. The van der Waals surface area contributed by atoms with Crippen LogP contribution in [0.2, 0.25) is 0 Å². The highest BCUT2D eigenvalue weighted by Gasteiger charge is 2.19. The summed E-state index contributed by atoms with van der Waals surface area (Å²) < 4.78 is 6.97. The van der Waals surface area contributed by atoms with Gasteiger partial charge in [-0.15, -0.1) is 5.10 Å². The van der Waals surface area contributed by atoms with Gasteiger partial charge in [0.2, 0.25) is 0 Å². The molecule has 23 heavy (non-hydrogen) atoms. The Labute approximate surface area is 134 Å². The Kier molecular flexibility index (Phi) is 3.92. The van der Waals surface area contributed by atoms with Crippen molar-refractivity contribution in [3.63, 3.8) is 0 Å². The van der Waals surface area contributed by atoms with Gasteiger partial charge in [0.25, 0.3) is 0 Å². The maximum Gasteiger partial charge on any atom is 0.181 e. The predicted molar refractivity (Wildman–Crippen MR) is 87.0 cm³/mol. The van der Waals surface area contributed by atoms with E-state index in [1.54, 1.807) is 17.0 Å². The van der Waals surface area contributed by atoms with E-state index >= 15 is 0 Å². The van der Waals surface area contributed by atoms with Gasteiger partial charge in [-0.2, -0.15) is 4.68 Å². The lowest BCUT2D eigenvalue weighted by molar-refractivity contribution is 0.331. The van der Waals surface area contributed by atoms with Crippen molar-refractivity contribution in [2.24, 2.45) is 0 Å². The number of rotatable bonds is 4. The Hall–Kier alpha value is -2.96. The first-order valence-electron chi connectivity index (χ1n) is 7.28. The second-order valence-electron chi connectivity index (χ2n) is 6.09. The van der Waals surface area contributed by atoms with Crippen LogP contribution in [0.25, 0.3) is 11.8 Å².